The molecule has 2 fully saturated rings. The summed E-state index contributed by atoms with van der Waals surface area (Å²) in [5, 5.41) is 25.7. The monoisotopic (exact) mass is 393 g/mol. The highest BCUT2D eigenvalue weighted by Crippen LogP contribution is 2.24. The van der Waals surface area contributed by atoms with Crippen LogP contribution in [0.2, 0.25) is 0 Å². The summed E-state index contributed by atoms with van der Waals surface area (Å²) in [4.78, 5) is 26.0. The van der Waals surface area contributed by atoms with Gasteiger partial charge in [0.25, 0.3) is 0 Å². The lowest BCUT2D eigenvalue weighted by atomic mass is 10.0. The normalized spacial score (nSPS) is 27.5. The van der Waals surface area contributed by atoms with Crippen LogP contribution in [0.5, 0.6) is 0 Å². The van der Waals surface area contributed by atoms with Crippen LogP contribution in [0.15, 0.2) is 24.3 Å². The van der Waals surface area contributed by atoms with E-state index in [-0.39, 0.29) is 18.9 Å². The zero-order chi connectivity index (χ0) is 20.1. The third kappa shape index (κ3) is 5.20. The molecule has 0 spiro atoms. The van der Waals surface area contributed by atoms with E-state index >= 15 is 0 Å². The van der Waals surface area contributed by atoms with E-state index in [1.165, 1.54) is 0 Å². The van der Waals surface area contributed by atoms with Gasteiger partial charge < -0.3 is 35.2 Å². The Hall–Kier alpha value is -2.20. The molecule has 0 radical (unpaired) electrons. The van der Waals surface area contributed by atoms with Crippen LogP contribution in [0.1, 0.15) is 12.0 Å². The largest absolute Gasteiger partial charge is 0.388 e. The molecule has 4 atom stereocenters. The number of amides is 3. The molecule has 3 rings (SSSR count). The fourth-order valence-electron chi connectivity index (χ4n) is 3.28. The van der Waals surface area contributed by atoms with Crippen LogP contribution < -0.4 is 10.6 Å². The second-order valence-corrected chi connectivity index (χ2v) is 7.09. The Balaban J connectivity index is 1.46. The van der Waals surface area contributed by atoms with E-state index in [0.717, 1.165) is 5.56 Å². The van der Waals surface area contributed by atoms with E-state index in [9.17, 15) is 19.8 Å². The van der Waals surface area contributed by atoms with E-state index in [1.807, 2.05) is 19.1 Å². The van der Waals surface area contributed by atoms with Crippen molar-refractivity contribution < 1.29 is 29.3 Å². The second-order valence-electron chi connectivity index (χ2n) is 7.09. The number of aryl methyl sites for hydroxylation is 1. The zero-order valence-electron chi connectivity index (χ0n) is 15.8. The Bertz CT molecular complexity index is 677. The number of urea groups is 1. The molecule has 9 heteroatoms. The van der Waals surface area contributed by atoms with Crippen molar-refractivity contribution in [1.82, 2.24) is 10.2 Å². The minimum Gasteiger partial charge on any atom is -0.388 e. The fourth-order valence-corrected chi connectivity index (χ4v) is 3.28. The van der Waals surface area contributed by atoms with Crippen LogP contribution >= 0.6 is 0 Å². The van der Waals surface area contributed by atoms with Crippen molar-refractivity contribution in [3.63, 3.8) is 0 Å². The minimum absolute atomic E-state index is 0.0121. The Morgan fingerprint density at radius 2 is 1.75 bits per heavy atom. The molecule has 4 N–H and O–H groups in total. The number of benzene rings is 1. The second kappa shape index (κ2) is 9.33. The molecule has 154 valence electrons. The van der Waals surface area contributed by atoms with Crippen molar-refractivity contribution in [2.24, 2.45) is 0 Å². The van der Waals surface area contributed by atoms with Gasteiger partial charge in [-0.3, -0.25) is 4.79 Å². The Morgan fingerprint density at radius 3 is 2.43 bits per heavy atom. The Kier molecular flexibility index (Phi) is 6.84. The number of rotatable bonds is 5. The summed E-state index contributed by atoms with van der Waals surface area (Å²) in [6.07, 6.45) is -3.98. The van der Waals surface area contributed by atoms with Gasteiger partial charge in [0, 0.05) is 25.3 Å². The highest BCUT2D eigenvalue weighted by atomic mass is 16.5. The van der Waals surface area contributed by atoms with Crippen LogP contribution in [0.4, 0.5) is 10.5 Å². The molecule has 0 saturated carbocycles. The standard InChI is InChI=1S/C19H27N3O6/c1-12-2-4-13(5-3-12)21-19(26)20-11-15-18(25)17(24)14(28-15)10-16(23)22-6-8-27-9-7-22/h2-5,14-15,17-18,24-25H,6-11H2,1H3,(H2,20,21,26)/t14-,15+,17-,18+/m0/s1. The SMILES string of the molecule is Cc1ccc(NC(=O)NC[C@H]2O[C@@H](CC(=O)N3CCOCC3)[C@H](O)[C@@H]2O)cc1. The maximum atomic E-state index is 12.3. The number of carbonyl (C=O) groups excluding carboxylic acids is 2. The molecule has 0 aliphatic carbocycles. The molecule has 0 bridgehead atoms. The lowest BCUT2D eigenvalue weighted by Gasteiger charge is -2.28. The van der Waals surface area contributed by atoms with Gasteiger partial charge in [-0.15, -0.1) is 0 Å². The summed E-state index contributed by atoms with van der Waals surface area (Å²) < 4.78 is 10.9. The molecule has 2 saturated heterocycles. The molecular formula is C19H27N3O6. The summed E-state index contributed by atoms with van der Waals surface area (Å²) in [7, 11) is 0. The number of aliphatic hydroxyl groups is 2. The topological polar surface area (TPSA) is 120 Å². The first-order valence-electron chi connectivity index (χ1n) is 9.42. The number of anilines is 1. The number of ether oxygens (including phenoxy) is 2. The third-order valence-electron chi connectivity index (χ3n) is 4.97. The molecule has 0 unspecified atom stereocenters. The molecular weight excluding hydrogens is 366 g/mol. The fraction of sp³-hybridized carbons (Fsp3) is 0.579. The highest BCUT2D eigenvalue weighted by molar-refractivity contribution is 5.89. The maximum Gasteiger partial charge on any atom is 0.319 e. The van der Waals surface area contributed by atoms with Gasteiger partial charge in [-0.25, -0.2) is 4.79 Å². The first-order chi connectivity index (χ1) is 13.4. The molecule has 0 aromatic heterocycles. The van der Waals surface area contributed by atoms with E-state index < -0.39 is 30.4 Å². The zero-order valence-corrected chi connectivity index (χ0v) is 15.8. The lowest BCUT2D eigenvalue weighted by Crippen LogP contribution is -2.43. The quantitative estimate of drug-likeness (QED) is 0.552. The van der Waals surface area contributed by atoms with Gasteiger partial charge in [-0.2, -0.15) is 0 Å². The van der Waals surface area contributed by atoms with Crippen LogP contribution in [0.25, 0.3) is 0 Å². The van der Waals surface area contributed by atoms with Gasteiger partial charge in [0.1, 0.15) is 18.3 Å². The van der Waals surface area contributed by atoms with Crippen molar-refractivity contribution in [3.8, 4) is 0 Å². The molecule has 9 nitrogen and oxygen atoms in total. The van der Waals surface area contributed by atoms with Crippen LogP contribution in [0, 0.1) is 6.92 Å². The highest BCUT2D eigenvalue weighted by Gasteiger charge is 2.43. The van der Waals surface area contributed by atoms with Crippen LogP contribution in [0.3, 0.4) is 0 Å². The van der Waals surface area contributed by atoms with Crippen LogP contribution in [-0.2, 0) is 14.3 Å². The van der Waals surface area contributed by atoms with Gasteiger partial charge in [0.15, 0.2) is 0 Å². The average molecular weight is 393 g/mol. The molecule has 1 aromatic carbocycles. The van der Waals surface area contributed by atoms with Crippen molar-refractivity contribution >= 4 is 17.6 Å². The minimum atomic E-state index is -1.18. The molecule has 3 amide bonds. The van der Waals surface area contributed by atoms with E-state index in [0.29, 0.717) is 32.0 Å². The summed E-state index contributed by atoms with van der Waals surface area (Å²) >= 11 is 0. The van der Waals surface area contributed by atoms with Gasteiger partial charge in [0.2, 0.25) is 5.91 Å². The Labute approximate surface area is 163 Å². The number of carbonyl (C=O) groups is 2. The predicted octanol–water partition coefficient (Wildman–Crippen LogP) is -0.145. The van der Waals surface area contributed by atoms with Gasteiger partial charge in [0.05, 0.1) is 25.7 Å². The predicted molar refractivity (Wildman–Crippen MR) is 101 cm³/mol. The van der Waals surface area contributed by atoms with E-state index in [1.54, 1.807) is 17.0 Å². The first kappa shape index (κ1) is 20.5. The van der Waals surface area contributed by atoms with E-state index in [4.69, 9.17) is 9.47 Å². The van der Waals surface area contributed by atoms with Crippen LogP contribution in [-0.4, -0.2) is 84.3 Å². The molecule has 2 aliphatic rings. The summed E-state index contributed by atoms with van der Waals surface area (Å²) in [5.74, 6) is -0.148. The van der Waals surface area contributed by atoms with Crippen molar-refractivity contribution in [1.29, 1.82) is 0 Å². The molecule has 28 heavy (non-hydrogen) atoms. The smallest absolute Gasteiger partial charge is 0.319 e. The summed E-state index contributed by atoms with van der Waals surface area (Å²) in [6, 6.07) is 6.89. The molecule has 1 aromatic rings. The molecule has 2 aliphatic heterocycles. The first-order valence-corrected chi connectivity index (χ1v) is 9.42. The molecule has 2 heterocycles. The lowest BCUT2D eigenvalue weighted by molar-refractivity contribution is -0.139. The van der Waals surface area contributed by atoms with Gasteiger partial charge in [-0.1, -0.05) is 17.7 Å². The van der Waals surface area contributed by atoms with Gasteiger partial charge >= 0.3 is 6.03 Å². The number of hydrogen-bond acceptors (Lipinski definition) is 6. The van der Waals surface area contributed by atoms with E-state index in [2.05, 4.69) is 10.6 Å². The summed E-state index contributed by atoms with van der Waals surface area (Å²) in [6.45, 7) is 3.96. The average Bonchev–Trinajstić information content (AvgIpc) is 2.96. The number of nitrogens with one attached hydrogen (secondary N) is 2. The number of nitrogens with zero attached hydrogens (tertiary/aromatic N) is 1. The number of morpholine rings is 1. The number of hydrogen-bond donors (Lipinski definition) is 4. The van der Waals surface area contributed by atoms with Crippen molar-refractivity contribution in [3.05, 3.63) is 29.8 Å². The number of aliphatic hydroxyl groups excluding tert-OH is 2. The summed E-state index contributed by atoms with van der Waals surface area (Å²) in [5.41, 5.74) is 1.73. The third-order valence-corrected chi connectivity index (χ3v) is 4.97. The maximum absolute atomic E-state index is 12.3. The van der Waals surface area contributed by atoms with Gasteiger partial charge in [-0.05, 0) is 19.1 Å². The Morgan fingerprint density at radius 1 is 1.11 bits per heavy atom. The van der Waals surface area contributed by atoms with Crippen molar-refractivity contribution in [2.75, 3.05) is 38.2 Å². The van der Waals surface area contributed by atoms with Crippen molar-refractivity contribution in [2.45, 2.75) is 37.8 Å².